The Labute approximate surface area is 170 Å². The van der Waals surface area contributed by atoms with Crippen molar-refractivity contribution in [2.75, 3.05) is 17.8 Å². The third kappa shape index (κ3) is 3.65. The highest BCUT2D eigenvalue weighted by atomic mass is 32.2. The predicted octanol–water partition coefficient (Wildman–Crippen LogP) is 5.50. The number of benzene rings is 3. The molecule has 1 saturated heterocycles. The first-order valence-electron chi connectivity index (χ1n) is 9.39. The first kappa shape index (κ1) is 18.6. The van der Waals surface area contributed by atoms with Gasteiger partial charge >= 0.3 is 0 Å². The molecule has 0 unspecified atom stereocenters. The molecule has 1 amide bonds. The van der Waals surface area contributed by atoms with Crippen LogP contribution < -0.4 is 9.64 Å². The molecule has 4 heteroatoms. The summed E-state index contributed by atoms with van der Waals surface area (Å²) in [6.45, 7) is 2.06. The van der Waals surface area contributed by atoms with Gasteiger partial charge in [0.25, 0.3) is 0 Å². The van der Waals surface area contributed by atoms with Crippen LogP contribution in [-0.2, 0) is 4.79 Å². The van der Waals surface area contributed by atoms with Crippen LogP contribution >= 0.6 is 11.8 Å². The lowest BCUT2D eigenvalue weighted by atomic mass is 9.83. The Balaban J connectivity index is 1.57. The van der Waals surface area contributed by atoms with Crippen LogP contribution in [0.3, 0.4) is 0 Å². The van der Waals surface area contributed by atoms with Crippen LogP contribution in [0.15, 0.2) is 83.8 Å². The zero-order valence-electron chi connectivity index (χ0n) is 16.0. The largest absolute Gasteiger partial charge is 0.497 e. The van der Waals surface area contributed by atoms with Crippen molar-refractivity contribution in [1.82, 2.24) is 0 Å². The van der Waals surface area contributed by atoms with Crippen LogP contribution in [0.2, 0.25) is 0 Å². The van der Waals surface area contributed by atoms with Crippen molar-refractivity contribution < 1.29 is 9.53 Å². The second kappa shape index (κ2) is 8.11. The normalized spacial score (nSPS) is 18.6. The molecule has 3 aromatic rings. The number of amides is 1. The van der Waals surface area contributed by atoms with Crippen LogP contribution in [0.4, 0.5) is 5.69 Å². The molecule has 0 N–H and O–H groups in total. The topological polar surface area (TPSA) is 29.5 Å². The van der Waals surface area contributed by atoms with Crippen molar-refractivity contribution in [1.29, 1.82) is 0 Å². The highest BCUT2D eigenvalue weighted by Crippen LogP contribution is 2.45. The molecule has 0 radical (unpaired) electrons. The van der Waals surface area contributed by atoms with E-state index in [0.717, 1.165) is 22.1 Å². The molecule has 3 aromatic carbocycles. The van der Waals surface area contributed by atoms with Gasteiger partial charge in [0.2, 0.25) is 5.91 Å². The molecule has 1 aliphatic rings. The van der Waals surface area contributed by atoms with Gasteiger partial charge in [-0.1, -0.05) is 54.1 Å². The smallest absolute Gasteiger partial charge is 0.233 e. The van der Waals surface area contributed by atoms with E-state index < -0.39 is 0 Å². The van der Waals surface area contributed by atoms with Gasteiger partial charge in [-0.2, -0.15) is 0 Å². The minimum atomic E-state index is -0.0418. The van der Waals surface area contributed by atoms with Crippen molar-refractivity contribution in [3.8, 4) is 5.75 Å². The number of carbonyl (C=O) groups excluding carboxylic acids is 1. The molecule has 4 rings (SSSR count). The standard InChI is InChI=1S/C24H23NO2S/c1-17-11-13-19(14-12-17)25-23(18-7-4-3-5-8-18)22(24(25)26)16-28-21-10-6-9-20(15-21)27-2/h3-15,22-23H,16H2,1-2H3/t22-,23-/m0/s1. The SMILES string of the molecule is COc1cccc(SC[C@@H]2C(=O)N(c3ccc(C)cc3)[C@H]2c2ccccc2)c1. The summed E-state index contributed by atoms with van der Waals surface area (Å²) in [6.07, 6.45) is 0. The number of β-lactam (4-membered cyclic amide) rings is 1. The first-order chi connectivity index (χ1) is 13.7. The number of ether oxygens (including phenoxy) is 1. The van der Waals surface area contributed by atoms with Crippen LogP contribution in [0.5, 0.6) is 5.75 Å². The van der Waals surface area contributed by atoms with Gasteiger partial charge in [-0.05, 0) is 42.8 Å². The lowest BCUT2D eigenvalue weighted by Crippen LogP contribution is -2.56. The lowest BCUT2D eigenvalue weighted by molar-refractivity contribution is -0.129. The van der Waals surface area contributed by atoms with Crippen molar-refractivity contribution >= 4 is 23.4 Å². The molecule has 0 bridgehead atoms. The minimum Gasteiger partial charge on any atom is -0.497 e. The number of carbonyl (C=O) groups is 1. The van der Waals surface area contributed by atoms with E-state index in [0.29, 0.717) is 0 Å². The van der Waals surface area contributed by atoms with E-state index in [9.17, 15) is 4.79 Å². The van der Waals surface area contributed by atoms with E-state index >= 15 is 0 Å². The van der Waals surface area contributed by atoms with E-state index in [2.05, 4.69) is 37.3 Å². The predicted molar refractivity (Wildman–Crippen MR) is 115 cm³/mol. The minimum absolute atomic E-state index is 0.0418. The number of thioether (sulfide) groups is 1. The molecule has 3 nitrogen and oxygen atoms in total. The van der Waals surface area contributed by atoms with E-state index in [-0.39, 0.29) is 17.9 Å². The van der Waals surface area contributed by atoms with E-state index in [1.54, 1.807) is 18.9 Å². The summed E-state index contributed by atoms with van der Waals surface area (Å²) in [5.41, 5.74) is 3.34. The Morgan fingerprint density at radius 1 is 0.964 bits per heavy atom. The van der Waals surface area contributed by atoms with Crippen molar-refractivity contribution in [2.45, 2.75) is 17.9 Å². The number of aryl methyl sites for hydroxylation is 1. The molecular formula is C24H23NO2S. The van der Waals surface area contributed by atoms with Gasteiger partial charge < -0.3 is 9.64 Å². The summed E-state index contributed by atoms with van der Waals surface area (Å²) in [5, 5.41) is 0. The molecule has 142 valence electrons. The van der Waals surface area contributed by atoms with E-state index in [1.807, 2.05) is 53.4 Å². The van der Waals surface area contributed by atoms with Crippen LogP contribution in [-0.4, -0.2) is 18.8 Å². The van der Waals surface area contributed by atoms with Crippen LogP contribution in [0.25, 0.3) is 0 Å². The van der Waals surface area contributed by atoms with Crippen molar-refractivity contribution in [2.24, 2.45) is 5.92 Å². The van der Waals surface area contributed by atoms with Crippen molar-refractivity contribution in [3.05, 3.63) is 90.0 Å². The second-order valence-electron chi connectivity index (χ2n) is 7.00. The maximum absolute atomic E-state index is 13.1. The van der Waals surface area contributed by atoms with E-state index in [1.165, 1.54) is 11.1 Å². The van der Waals surface area contributed by atoms with Crippen LogP contribution in [0.1, 0.15) is 17.2 Å². The maximum atomic E-state index is 13.1. The number of nitrogens with zero attached hydrogens (tertiary/aromatic N) is 1. The number of hydrogen-bond acceptors (Lipinski definition) is 3. The van der Waals surface area contributed by atoms with Crippen LogP contribution in [0, 0.1) is 12.8 Å². The number of hydrogen-bond donors (Lipinski definition) is 0. The average molecular weight is 390 g/mol. The molecule has 0 aromatic heterocycles. The highest BCUT2D eigenvalue weighted by molar-refractivity contribution is 7.99. The van der Waals surface area contributed by atoms with Gasteiger partial charge in [0.1, 0.15) is 5.75 Å². The molecule has 0 spiro atoms. The summed E-state index contributed by atoms with van der Waals surface area (Å²) in [7, 11) is 1.67. The second-order valence-corrected chi connectivity index (χ2v) is 8.09. The van der Waals surface area contributed by atoms with Gasteiger partial charge in [0.05, 0.1) is 19.1 Å². The lowest BCUT2D eigenvalue weighted by Gasteiger charge is -2.47. The fraction of sp³-hybridized carbons (Fsp3) is 0.208. The Kier molecular flexibility index (Phi) is 5.40. The third-order valence-electron chi connectivity index (χ3n) is 5.14. The molecule has 1 fully saturated rings. The fourth-order valence-electron chi connectivity index (χ4n) is 3.61. The quantitative estimate of drug-likeness (QED) is 0.412. The third-order valence-corrected chi connectivity index (χ3v) is 6.25. The number of anilines is 1. The first-order valence-corrected chi connectivity index (χ1v) is 10.4. The van der Waals surface area contributed by atoms with Gasteiger partial charge in [-0.3, -0.25) is 4.79 Å². The Morgan fingerprint density at radius 2 is 1.71 bits per heavy atom. The fourth-order valence-corrected chi connectivity index (χ4v) is 4.68. The van der Waals surface area contributed by atoms with Crippen molar-refractivity contribution in [3.63, 3.8) is 0 Å². The molecule has 1 heterocycles. The van der Waals surface area contributed by atoms with Gasteiger partial charge in [-0.25, -0.2) is 0 Å². The summed E-state index contributed by atoms with van der Waals surface area (Å²) in [6, 6.07) is 26.6. The average Bonchev–Trinajstić information content (AvgIpc) is 2.74. The van der Waals surface area contributed by atoms with Gasteiger partial charge in [-0.15, -0.1) is 11.8 Å². The Bertz CT molecular complexity index is 956. The molecule has 1 aliphatic heterocycles. The monoisotopic (exact) mass is 389 g/mol. The van der Waals surface area contributed by atoms with Gasteiger partial charge in [0.15, 0.2) is 0 Å². The number of methoxy groups -OCH3 is 1. The molecule has 28 heavy (non-hydrogen) atoms. The Morgan fingerprint density at radius 3 is 2.43 bits per heavy atom. The summed E-state index contributed by atoms with van der Waals surface area (Å²) in [4.78, 5) is 16.1. The number of rotatable bonds is 6. The van der Waals surface area contributed by atoms with E-state index in [4.69, 9.17) is 4.74 Å². The summed E-state index contributed by atoms with van der Waals surface area (Å²) < 4.78 is 5.31. The Hall–Kier alpha value is -2.72. The summed E-state index contributed by atoms with van der Waals surface area (Å²) >= 11 is 1.71. The molecule has 0 saturated carbocycles. The molecule has 0 aliphatic carbocycles. The highest BCUT2D eigenvalue weighted by Gasteiger charge is 2.48. The summed E-state index contributed by atoms with van der Waals surface area (Å²) in [5.74, 6) is 1.73. The van der Waals surface area contributed by atoms with Gasteiger partial charge in [0, 0.05) is 16.3 Å². The zero-order chi connectivity index (χ0) is 19.5. The zero-order valence-corrected chi connectivity index (χ0v) is 16.9. The molecular weight excluding hydrogens is 366 g/mol. The maximum Gasteiger partial charge on any atom is 0.233 e. The molecule has 2 atom stereocenters.